The Labute approximate surface area is 144 Å². The lowest BCUT2D eigenvalue weighted by atomic mass is 10.0. The van der Waals surface area contributed by atoms with Crippen LogP contribution in [0, 0.1) is 0 Å². The largest absolute Gasteiger partial charge is 0.493 e. The molecule has 0 bridgehead atoms. The number of fused-ring (bicyclic) bond motifs is 2. The van der Waals surface area contributed by atoms with Gasteiger partial charge in [-0.2, -0.15) is 0 Å². The number of nitrogens with one attached hydrogen (secondary N) is 1. The standard InChI is InChI=1S/C20H18N2O3/c1-22-12-17(15-6-2-3-7-16(15)20(22)24)19(23)21-14-8-9-18-13(11-14)5-4-10-25-18/h2-3,6-9,11-12H,4-5,10H2,1H3,(H,21,23). The summed E-state index contributed by atoms with van der Waals surface area (Å²) in [5, 5.41) is 4.13. The van der Waals surface area contributed by atoms with Crippen molar-refractivity contribution in [2.75, 3.05) is 11.9 Å². The first kappa shape index (κ1) is 15.4. The minimum atomic E-state index is -0.233. The molecule has 1 aliphatic rings. The highest BCUT2D eigenvalue weighted by Gasteiger charge is 2.15. The van der Waals surface area contributed by atoms with Crippen molar-refractivity contribution in [1.29, 1.82) is 0 Å². The lowest BCUT2D eigenvalue weighted by molar-refractivity contribution is 0.102. The number of aromatic nitrogens is 1. The van der Waals surface area contributed by atoms with Gasteiger partial charge in [0.15, 0.2) is 0 Å². The van der Waals surface area contributed by atoms with E-state index in [9.17, 15) is 9.59 Å². The van der Waals surface area contributed by atoms with Crippen molar-refractivity contribution < 1.29 is 9.53 Å². The second-order valence-electron chi connectivity index (χ2n) is 6.23. The molecule has 5 heteroatoms. The van der Waals surface area contributed by atoms with Crippen molar-refractivity contribution in [1.82, 2.24) is 4.57 Å². The second-order valence-corrected chi connectivity index (χ2v) is 6.23. The minimum Gasteiger partial charge on any atom is -0.493 e. The van der Waals surface area contributed by atoms with Crippen LogP contribution in [0.3, 0.4) is 0 Å². The summed E-state index contributed by atoms with van der Waals surface area (Å²) in [4.78, 5) is 25.0. The van der Waals surface area contributed by atoms with Crippen LogP contribution in [0.15, 0.2) is 53.5 Å². The Morgan fingerprint density at radius 1 is 1.16 bits per heavy atom. The monoisotopic (exact) mass is 334 g/mol. The smallest absolute Gasteiger partial charge is 0.258 e. The highest BCUT2D eigenvalue weighted by atomic mass is 16.5. The number of anilines is 1. The molecule has 5 nitrogen and oxygen atoms in total. The second kappa shape index (κ2) is 6.09. The fourth-order valence-corrected chi connectivity index (χ4v) is 3.23. The van der Waals surface area contributed by atoms with Crippen LogP contribution in [0.1, 0.15) is 22.3 Å². The van der Waals surface area contributed by atoms with E-state index in [1.165, 1.54) is 4.57 Å². The van der Waals surface area contributed by atoms with Gasteiger partial charge in [-0.3, -0.25) is 9.59 Å². The number of nitrogens with zero attached hydrogens (tertiary/aromatic N) is 1. The normalized spacial score (nSPS) is 13.2. The number of carbonyl (C=O) groups is 1. The average Bonchev–Trinajstić information content (AvgIpc) is 2.64. The van der Waals surface area contributed by atoms with E-state index >= 15 is 0 Å². The van der Waals surface area contributed by atoms with Gasteiger partial charge in [0.25, 0.3) is 11.5 Å². The van der Waals surface area contributed by atoms with Crippen LogP contribution in [0.25, 0.3) is 10.8 Å². The molecular weight excluding hydrogens is 316 g/mol. The lowest BCUT2D eigenvalue weighted by Crippen LogP contribution is -2.21. The van der Waals surface area contributed by atoms with E-state index in [1.54, 1.807) is 31.4 Å². The van der Waals surface area contributed by atoms with Gasteiger partial charge in [0.1, 0.15) is 5.75 Å². The van der Waals surface area contributed by atoms with Crippen LogP contribution < -0.4 is 15.6 Å². The number of amides is 1. The lowest BCUT2D eigenvalue weighted by Gasteiger charge is -2.18. The molecule has 2 heterocycles. The van der Waals surface area contributed by atoms with Gasteiger partial charge >= 0.3 is 0 Å². The molecule has 1 aliphatic heterocycles. The van der Waals surface area contributed by atoms with Crippen LogP contribution in [0.5, 0.6) is 5.75 Å². The summed E-state index contributed by atoms with van der Waals surface area (Å²) in [6.07, 6.45) is 3.51. The first-order chi connectivity index (χ1) is 12.1. The molecule has 0 aliphatic carbocycles. The molecule has 1 N–H and O–H groups in total. The maximum atomic E-state index is 12.8. The molecule has 0 atom stereocenters. The summed E-state index contributed by atoms with van der Waals surface area (Å²) in [5.41, 5.74) is 2.20. The number of pyridine rings is 1. The number of benzene rings is 2. The van der Waals surface area contributed by atoms with Gasteiger partial charge in [0.2, 0.25) is 0 Å². The highest BCUT2D eigenvalue weighted by Crippen LogP contribution is 2.28. The zero-order valence-electron chi connectivity index (χ0n) is 13.9. The molecular formula is C20H18N2O3. The molecule has 2 aromatic carbocycles. The topological polar surface area (TPSA) is 60.3 Å². The molecule has 3 aromatic rings. The Balaban J connectivity index is 1.71. The van der Waals surface area contributed by atoms with E-state index in [0.29, 0.717) is 16.3 Å². The van der Waals surface area contributed by atoms with E-state index in [2.05, 4.69) is 5.32 Å². The number of hydrogen-bond acceptors (Lipinski definition) is 3. The Bertz CT molecular complexity index is 1040. The molecule has 0 radical (unpaired) electrons. The highest BCUT2D eigenvalue weighted by molar-refractivity contribution is 6.12. The summed E-state index contributed by atoms with van der Waals surface area (Å²) in [5.74, 6) is 0.653. The summed E-state index contributed by atoms with van der Waals surface area (Å²) in [6, 6.07) is 12.9. The minimum absolute atomic E-state index is 0.113. The summed E-state index contributed by atoms with van der Waals surface area (Å²) in [7, 11) is 1.65. The van der Waals surface area contributed by atoms with Gasteiger partial charge in [0, 0.05) is 29.7 Å². The molecule has 126 valence electrons. The molecule has 0 saturated carbocycles. The molecule has 0 saturated heterocycles. The third-order valence-electron chi connectivity index (χ3n) is 4.50. The van der Waals surface area contributed by atoms with Crippen LogP contribution in [-0.2, 0) is 13.5 Å². The third-order valence-corrected chi connectivity index (χ3v) is 4.50. The summed E-state index contributed by atoms with van der Waals surface area (Å²) in [6.45, 7) is 0.739. The predicted octanol–water partition coefficient (Wildman–Crippen LogP) is 3.12. The molecule has 0 spiro atoms. The van der Waals surface area contributed by atoms with Crippen LogP contribution in [0.4, 0.5) is 5.69 Å². The van der Waals surface area contributed by atoms with Crippen molar-refractivity contribution in [3.8, 4) is 5.75 Å². The van der Waals surface area contributed by atoms with Gasteiger partial charge in [-0.05, 0) is 42.7 Å². The Morgan fingerprint density at radius 3 is 2.80 bits per heavy atom. The molecule has 4 rings (SSSR count). The van der Waals surface area contributed by atoms with E-state index in [1.807, 2.05) is 24.3 Å². The Kier molecular flexibility index (Phi) is 3.76. The van der Waals surface area contributed by atoms with E-state index in [4.69, 9.17) is 4.74 Å². The fraction of sp³-hybridized carbons (Fsp3) is 0.200. The molecule has 1 amide bonds. The Morgan fingerprint density at radius 2 is 1.96 bits per heavy atom. The van der Waals surface area contributed by atoms with E-state index in [-0.39, 0.29) is 11.5 Å². The first-order valence-corrected chi connectivity index (χ1v) is 8.29. The maximum absolute atomic E-state index is 12.8. The molecule has 0 unspecified atom stereocenters. The maximum Gasteiger partial charge on any atom is 0.258 e. The summed E-state index contributed by atoms with van der Waals surface area (Å²) < 4.78 is 7.05. The number of rotatable bonds is 2. The first-order valence-electron chi connectivity index (χ1n) is 8.29. The number of hydrogen-bond donors (Lipinski definition) is 1. The van der Waals surface area contributed by atoms with Crippen molar-refractivity contribution in [2.45, 2.75) is 12.8 Å². The molecule has 1 aromatic heterocycles. The van der Waals surface area contributed by atoms with Crippen molar-refractivity contribution in [2.24, 2.45) is 7.05 Å². The summed E-state index contributed by atoms with van der Waals surface area (Å²) >= 11 is 0. The van der Waals surface area contributed by atoms with Crippen molar-refractivity contribution >= 4 is 22.4 Å². The zero-order chi connectivity index (χ0) is 17.4. The van der Waals surface area contributed by atoms with Gasteiger partial charge in [-0.15, -0.1) is 0 Å². The third kappa shape index (κ3) is 2.78. The van der Waals surface area contributed by atoms with Gasteiger partial charge in [-0.1, -0.05) is 18.2 Å². The zero-order valence-corrected chi connectivity index (χ0v) is 13.9. The fourth-order valence-electron chi connectivity index (χ4n) is 3.23. The number of ether oxygens (including phenoxy) is 1. The van der Waals surface area contributed by atoms with Gasteiger partial charge in [0.05, 0.1) is 12.2 Å². The predicted molar refractivity (Wildman–Crippen MR) is 97.4 cm³/mol. The number of carbonyl (C=O) groups excluding carboxylic acids is 1. The van der Waals surface area contributed by atoms with E-state index in [0.717, 1.165) is 36.4 Å². The average molecular weight is 334 g/mol. The van der Waals surface area contributed by atoms with Crippen LogP contribution in [-0.4, -0.2) is 17.1 Å². The quantitative estimate of drug-likeness (QED) is 0.783. The van der Waals surface area contributed by atoms with Gasteiger partial charge < -0.3 is 14.6 Å². The number of aryl methyl sites for hydroxylation is 2. The van der Waals surface area contributed by atoms with Crippen LogP contribution in [0.2, 0.25) is 0 Å². The van der Waals surface area contributed by atoms with Crippen molar-refractivity contribution in [3.05, 3.63) is 70.1 Å². The van der Waals surface area contributed by atoms with Crippen LogP contribution >= 0.6 is 0 Å². The van der Waals surface area contributed by atoms with Crippen molar-refractivity contribution in [3.63, 3.8) is 0 Å². The van der Waals surface area contributed by atoms with Gasteiger partial charge in [-0.25, -0.2) is 0 Å². The Hall–Kier alpha value is -3.08. The molecule has 25 heavy (non-hydrogen) atoms. The SMILES string of the molecule is Cn1cc(C(=O)Nc2ccc3c(c2)CCCO3)c2ccccc2c1=O. The molecule has 0 fully saturated rings. The van der Waals surface area contributed by atoms with E-state index < -0.39 is 0 Å².